The van der Waals surface area contributed by atoms with E-state index in [0.717, 1.165) is 37.2 Å². The van der Waals surface area contributed by atoms with Gasteiger partial charge in [0.1, 0.15) is 0 Å². The highest BCUT2D eigenvalue weighted by Gasteiger charge is 2.12. The third kappa shape index (κ3) is 3.08. The van der Waals surface area contributed by atoms with Crippen molar-refractivity contribution in [3.05, 3.63) is 5.15 Å². The van der Waals surface area contributed by atoms with Crippen molar-refractivity contribution in [1.82, 2.24) is 8.75 Å². The molecule has 0 saturated heterocycles. The van der Waals surface area contributed by atoms with Crippen LogP contribution in [0, 0.1) is 0 Å². The summed E-state index contributed by atoms with van der Waals surface area (Å²) in [7, 11) is 0. The first-order valence-corrected chi connectivity index (χ1v) is 5.71. The third-order valence-corrected chi connectivity index (χ3v) is 2.70. The molecule has 0 aromatic carbocycles. The van der Waals surface area contributed by atoms with E-state index >= 15 is 0 Å². The largest absolute Gasteiger partial charge is 0.380 e. The smallest absolute Gasteiger partial charge is 0.187 e. The second-order valence-electron chi connectivity index (χ2n) is 2.66. The van der Waals surface area contributed by atoms with Crippen LogP contribution in [-0.2, 0) is 4.74 Å². The lowest BCUT2D eigenvalue weighted by molar-refractivity contribution is 0.154. The lowest BCUT2D eigenvalue weighted by Gasteiger charge is -2.19. The van der Waals surface area contributed by atoms with Crippen LogP contribution in [0.5, 0.6) is 0 Å². The first-order valence-electron chi connectivity index (χ1n) is 4.60. The van der Waals surface area contributed by atoms with E-state index in [1.165, 1.54) is 0 Å². The molecule has 0 amide bonds. The van der Waals surface area contributed by atoms with Gasteiger partial charge >= 0.3 is 0 Å². The summed E-state index contributed by atoms with van der Waals surface area (Å²) in [5.41, 5.74) is 0. The number of rotatable bonds is 6. The van der Waals surface area contributed by atoms with Gasteiger partial charge in [0, 0.05) is 19.7 Å². The Morgan fingerprint density at radius 1 is 1.43 bits per heavy atom. The van der Waals surface area contributed by atoms with Crippen LogP contribution in [-0.4, -0.2) is 35.1 Å². The Kier molecular flexibility index (Phi) is 5.14. The van der Waals surface area contributed by atoms with Gasteiger partial charge in [-0.15, -0.1) is 0 Å². The fourth-order valence-electron chi connectivity index (χ4n) is 1.09. The molecule has 0 saturated carbocycles. The van der Waals surface area contributed by atoms with Gasteiger partial charge < -0.3 is 9.64 Å². The molecule has 0 fully saturated rings. The summed E-state index contributed by atoms with van der Waals surface area (Å²) in [5.74, 6) is 0.763. The molecule has 0 aliphatic rings. The van der Waals surface area contributed by atoms with Crippen LogP contribution in [0.15, 0.2) is 0 Å². The van der Waals surface area contributed by atoms with Crippen LogP contribution in [0.25, 0.3) is 0 Å². The number of ether oxygens (including phenoxy) is 1. The topological polar surface area (TPSA) is 38.2 Å². The van der Waals surface area contributed by atoms with Crippen LogP contribution in [0.4, 0.5) is 5.82 Å². The molecule has 1 aromatic rings. The van der Waals surface area contributed by atoms with Gasteiger partial charge in [-0.2, -0.15) is 8.75 Å². The molecule has 0 radical (unpaired) electrons. The van der Waals surface area contributed by atoms with E-state index in [9.17, 15) is 0 Å². The number of hydrogen-bond donors (Lipinski definition) is 0. The number of likely N-dealkylation sites (N-methyl/N-ethyl adjacent to an activating group) is 1. The molecule has 1 aromatic heterocycles. The fraction of sp³-hybridized carbons (Fsp3) is 0.750. The predicted octanol–water partition coefficient (Wildman–Crippen LogP) is 2.05. The molecule has 14 heavy (non-hydrogen) atoms. The summed E-state index contributed by atoms with van der Waals surface area (Å²) in [5, 5.41) is 0.480. The van der Waals surface area contributed by atoms with Gasteiger partial charge in [0.15, 0.2) is 11.0 Å². The zero-order valence-corrected chi connectivity index (χ0v) is 9.94. The van der Waals surface area contributed by atoms with Gasteiger partial charge in [-0.3, -0.25) is 0 Å². The highest BCUT2D eigenvalue weighted by Crippen LogP contribution is 2.22. The number of halogens is 1. The molecular formula is C8H14ClN3OS. The Balaban J connectivity index is 2.50. The van der Waals surface area contributed by atoms with E-state index in [4.69, 9.17) is 16.3 Å². The van der Waals surface area contributed by atoms with Crippen LogP contribution in [0.3, 0.4) is 0 Å². The molecule has 1 heterocycles. The summed E-state index contributed by atoms with van der Waals surface area (Å²) < 4.78 is 13.3. The normalized spacial score (nSPS) is 10.5. The molecule has 0 unspecified atom stereocenters. The van der Waals surface area contributed by atoms with Gasteiger partial charge in [-0.05, 0) is 13.8 Å². The highest BCUT2D eigenvalue weighted by molar-refractivity contribution is 6.99. The van der Waals surface area contributed by atoms with Crippen molar-refractivity contribution in [2.24, 2.45) is 0 Å². The van der Waals surface area contributed by atoms with Gasteiger partial charge in [0.2, 0.25) is 0 Å². The Bertz CT molecular complexity index is 269. The summed E-state index contributed by atoms with van der Waals surface area (Å²) in [4.78, 5) is 2.06. The van der Waals surface area contributed by atoms with Crippen molar-refractivity contribution in [1.29, 1.82) is 0 Å². The zero-order chi connectivity index (χ0) is 10.4. The molecule has 0 aliphatic heterocycles. The summed E-state index contributed by atoms with van der Waals surface area (Å²) in [6.45, 7) is 7.13. The standard InChI is InChI=1S/C8H14ClN3OS/c1-3-12(5-6-13-4-2)8-7(9)10-14-11-8/h3-6H2,1-2H3. The quantitative estimate of drug-likeness (QED) is 0.708. The molecule has 80 valence electrons. The van der Waals surface area contributed by atoms with Crippen molar-refractivity contribution in [3.63, 3.8) is 0 Å². The van der Waals surface area contributed by atoms with Gasteiger partial charge in [-0.1, -0.05) is 11.6 Å². The number of anilines is 1. The van der Waals surface area contributed by atoms with Gasteiger partial charge in [0.05, 0.1) is 18.3 Å². The summed E-state index contributed by atoms with van der Waals surface area (Å²) in [6.07, 6.45) is 0. The molecule has 4 nitrogen and oxygen atoms in total. The Labute approximate surface area is 93.2 Å². The molecule has 1 rings (SSSR count). The predicted molar refractivity (Wildman–Crippen MR) is 59.3 cm³/mol. The molecule has 0 N–H and O–H groups in total. The lowest BCUT2D eigenvalue weighted by Crippen LogP contribution is -2.27. The fourth-order valence-corrected chi connectivity index (χ4v) is 1.87. The molecule has 0 aliphatic carbocycles. The first-order chi connectivity index (χ1) is 6.79. The molecule has 0 bridgehead atoms. The monoisotopic (exact) mass is 235 g/mol. The lowest BCUT2D eigenvalue weighted by atomic mass is 10.5. The summed E-state index contributed by atoms with van der Waals surface area (Å²) in [6, 6.07) is 0. The maximum absolute atomic E-state index is 5.88. The Hall–Kier alpha value is -0.390. The van der Waals surface area contributed by atoms with E-state index in [1.54, 1.807) is 0 Å². The van der Waals surface area contributed by atoms with Gasteiger partial charge in [-0.25, -0.2) is 0 Å². The van der Waals surface area contributed by atoms with Gasteiger partial charge in [0.25, 0.3) is 0 Å². The van der Waals surface area contributed by atoms with Crippen molar-refractivity contribution in [2.75, 3.05) is 31.2 Å². The zero-order valence-electron chi connectivity index (χ0n) is 8.36. The van der Waals surface area contributed by atoms with Crippen molar-refractivity contribution < 1.29 is 4.74 Å². The second-order valence-corrected chi connectivity index (χ2v) is 3.54. The minimum Gasteiger partial charge on any atom is -0.380 e. The number of hydrogen-bond acceptors (Lipinski definition) is 5. The van der Waals surface area contributed by atoms with E-state index < -0.39 is 0 Å². The van der Waals surface area contributed by atoms with Crippen molar-refractivity contribution >= 4 is 29.1 Å². The average Bonchev–Trinajstić information content (AvgIpc) is 2.60. The Morgan fingerprint density at radius 2 is 2.21 bits per heavy atom. The maximum atomic E-state index is 5.88. The van der Waals surface area contributed by atoms with E-state index in [1.807, 2.05) is 6.92 Å². The SMILES string of the molecule is CCOCCN(CC)c1nsnc1Cl. The third-order valence-electron chi connectivity index (χ3n) is 1.82. The van der Waals surface area contributed by atoms with Crippen molar-refractivity contribution in [2.45, 2.75) is 13.8 Å². The first kappa shape index (κ1) is 11.7. The maximum Gasteiger partial charge on any atom is 0.187 e. The molecule has 0 atom stereocenters. The van der Waals surface area contributed by atoms with E-state index in [-0.39, 0.29) is 0 Å². The van der Waals surface area contributed by atoms with E-state index in [0.29, 0.717) is 11.8 Å². The number of aromatic nitrogens is 2. The van der Waals surface area contributed by atoms with E-state index in [2.05, 4.69) is 20.6 Å². The van der Waals surface area contributed by atoms with Crippen LogP contribution in [0.1, 0.15) is 13.8 Å². The molecule has 0 spiro atoms. The second kappa shape index (κ2) is 6.16. The molecular weight excluding hydrogens is 222 g/mol. The van der Waals surface area contributed by atoms with Crippen LogP contribution >= 0.6 is 23.3 Å². The summed E-state index contributed by atoms with van der Waals surface area (Å²) >= 11 is 7.02. The van der Waals surface area contributed by atoms with Crippen LogP contribution in [0.2, 0.25) is 5.15 Å². The highest BCUT2D eigenvalue weighted by atomic mass is 35.5. The Morgan fingerprint density at radius 3 is 2.71 bits per heavy atom. The minimum atomic E-state index is 0.480. The van der Waals surface area contributed by atoms with Crippen molar-refractivity contribution in [3.8, 4) is 0 Å². The van der Waals surface area contributed by atoms with Crippen LogP contribution < -0.4 is 4.90 Å². The average molecular weight is 236 g/mol. The minimum absolute atomic E-state index is 0.480. The number of nitrogens with zero attached hydrogens (tertiary/aromatic N) is 3. The molecule has 6 heteroatoms.